The van der Waals surface area contributed by atoms with Gasteiger partial charge >= 0.3 is 0 Å². The first-order valence-corrected chi connectivity index (χ1v) is 4.07. The summed E-state index contributed by atoms with van der Waals surface area (Å²) in [5, 5.41) is 8.58. The molecule has 0 aliphatic heterocycles. The molecule has 68 valence electrons. The van der Waals surface area contributed by atoms with Crippen molar-refractivity contribution in [2.75, 3.05) is 0 Å². The molecule has 0 radical (unpaired) electrons. The highest BCUT2D eigenvalue weighted by molar-refractivity contribution is 4.95. The lowest BCUT2D eigenvalue weighted by Crippen LogP contribution is -2.24. The van der Waals surface area contributed by atoms with Crippen LogP contribution in [0.25, 0.3) is 0 Å². The van der Waals surface area contributed by atoms with E-state index in [4.69, 9.17) is 5.26 Å². The van der Waals surface area contributed by atoms with E-state index in [0.717, 1.165) is 0 Å². The van der Waals surface area contributed by atoms with Crippen molar-refractivity contribution in [3.05, 3.63) is 28.4 Å². The Morgan fingerprint density at radius 3 is 3.08 bits per heavy atom. The number of nitriles is 1. The second-order valence-electron chi connectivity index (χ2n) is 3.00. The smallest absolute Gasteiger partial charge is 0.271 e. The summed E-state index contributed by atoms with van der Waals surface area (Å²) in [6.45, 7) is 3.87. The van der Waals surface area contributed by atoms with Gasteiger partial charge in [-0.25, -0.2) is 0 Å². The molecule has 0 aliphatic carbocycles. The van der Waals surface area contributed by atoms with Gasteiger partial charge in [-0.2, -0.15) is 5.26 Å². The Hall–Kier alpha value is -1.63. The van der Waals surface area contributed by atoms with E-state index in [1.165, 1.54) is 4.57 Å². The molecule has 1 rings (SSSR count). The highest BCUT2D eigenvalue weighted by Crippen LogP contribution is 1.95. The minimum atomic E-state index is -0.153. The fourth-order valence-corrected chi connectivity index (χ4v) is 1.04. The van der Waals surface area contributed by atoms with Crippen LogP contribution in [0.15, 0.2) is 17.2 Å². The molecule has 0 amide bonds. The molecule has 0 saturated carbocycles. The van der Waals surface area contributed by atoms with Crippen molar-refractivity contribution in [2.24, 2.45) is 5.92 Å². The van der Waals surface area contributed by atoms with Crippen LogP contribution >= 0.6 is 0 Å². The summed E-state index contributed by atoms with van der Waals surface area (Å²) in [5.41, 5.74) is 0.345. The number of hydrogen-bond acceptors (Lipinski definition) is 3. The molecule has 1 aromatic heterocycles. The SMILES string of the molecule is Cc1nccn(CC(C)C#N)c1=O. The average molecular weight is 177 g/mol. The van der Waals surface area contributed by atoms with Crippen LogP contribution in [0.4, 0.5) is 0 Å². The molecule has 0 spiro atoms. The predicted octanol–water partition coefficient (Wildman–Crippen LogP) is 0.711. The van der Waals surface area contributed by atoms with Crippen LogP contribution in [0.3, 0.4) is 0 Å². The molecule has 0 aromatic carbocycles. The van der Waals surface area contributed by atoms with Gasteiger partial charge in [0.25, 0.3) is 5.56 Å². The van der Waals surface area contributed by atoms with Crippen molar-refractivity contribution in [1.29, 1.82) is 5.26 Å². The Labute approximate surface area is 76.5 Å². The third-order valence-corrected chi connectivity index (χ3v) is 1.78. The van der Waals surface area contributed by atoms with Crippen molar-refractivity contribution >= 4 is 0 Å². The molecule has 4 heteroatoms. The van der Waals surface area contributed by atoms with Crippen molar-refractivity contribution in [1.82, 2.24) is 9.55 Å². The Bertz CT molecular complexity index is 389. The summed E-state index contributed by atoms with van der Waals surface area (Å²) >= 11 is 0. The van der Waals surface area contributed by atoms with Gasteiger partial charge in [0.2, 0.25) is 0 Å². The normalized spacial score (nSPS) is 12.1. The number of aromatic nitrogens is 2. The Balaban J connectivity index is 2.98. The topological polar surface area (TPSA) is 58.7 Å². The summed E-state index contributed by atoms with van der Waals surface area (Å²) in [7, 11) is 0. The van der Waals surface area contributed by atoms with Gasteiger partial charge in [0, 0.05) is 18.9 Å². The minimum absolute atomic E-state index is 0.121. The first-order chi connectivity index (χ1) is 6.15. The molecule has 1 heterocycles. The van der Waals surface area contributed by atoms with E-state index in [-0.39, 0.29) is 11.5 Å². The maximum Gasteiger partial charge on any atom is 0.271 e. The van der Waals surface area contributed by atoms with Gasteiger partial charge in [-0.3, -0.25) is 9.78 Å². The van der Waals surface area contributed by atoms with E-state index in [0.29, 0.717) is 12.2 Å². The summed E-state index contributed by atoms with van der Waals surface area (Å²) in [6, 6.07) is 2.08. The molecule has 0 N–H and O–H groups in total. The fourth-order valence-electron chi connectivity index (χ4n) is 1.04. The van der Waals surface area contributed by atoms with Crippen LogP contribution in [0.1, 0.15) is 12.6 Å². The van der Waals surface area contributed by atoms with E-state index in [1.54, 1.807) is 26.2 Å². The van der Waals surface area contributed by atoms with Crippen LogP contribution in [-0.4, -0.2) is 9.55 Å². The molecule has 0 fully saturated rings. The maximum atomic E-state index is 11.4. The predicted molar refractivity (Wildman–Crippen MR) is 48.0 cm³/mol. The van der Waals surface area contributed by atoms with Gasteiger partial charge in [0.15, 0.2) is 0 Å². The zero-order valence-electron chi connectivity index (χ0n) is 7.69. The van der Waals surface area contributed by atoms with Gasteiger partial charge in [-0.1, -0.05) is 0 Å². The van der Waals surface area contributed by atoms with Crippen LogP contribution in [0.5, 0.6) is 0 Å². The Morgan fingerprint density at radius 2 is 2.46 bits per heavy atom. The Kier molecular flexibility index (Phi) is 2.80. The standard InChI is InChI=1S/C9H11N3O/c1-7(5-10)6-12-4-3-11-8(2)9(12)13/h3-4,7H,6H2,1-2H3. The van der Waals surface area contributed by atoms with Crippen LogP contribution < -0.4 is 5.56 Å². The third kappa shape index (κ3) is 2.15. The molecule has 1 unspecified atom stereocenters. The lowest BCUT2D eigenvalue weighted by atomic mass is 10.2. The third-order valence-electron chi connectivity index (χ3n) is 1.78. The number of aryl methyl sites for hydroxylation is 1. The fraction of sp³-hybridized carbons (Fsp3) is 0.444. The number of hydrogen-bond donors (Lipinski definition) is 0. The molecule has 1 aromatic rings. The van der Waals surface area contributed by atoms with Gasteiger partial charge in [0.1, 0.15) is 5.69 Å². The maximum absolute atomic E-state index is 11.4. The number of rotatable bonds is 2. The average Bonchev–Trinajstić information content (AvgIpc) is 2.13. The van der Waals surface area contributed by atoms with Crippen LogP contribution in [0, 0.1) is 24.2 Å². The molecule has 4 nitrogen and oxygen atoms in total. The summed E-state index contributed by atoms with van der Waals surface area (Å²) in [5.74, 6) is -0.153. The van der Waals surface area contributed by atoms with E-state index in [2.05, 4.69) is 11.1 Å². The molecule has 13 heavy (non-hydrogen) atoms. The largest absolute Gasteiger partial charge is 0.311 e. The lowest BCUT2D eigenvalue weighted by Gasteiger charge is -2.06. The van der Waals surface area contributed by atoms with E-state index >= 15 is 0 Å². The zero-order chi connectivity index (χ0) is 9.84. The molecule has 1 atom stereocenters. The van der Waals surface area contributed by atoms with E-state index in [9.17, 15) is 4.79 Å². The highest BCUT2D eigenvalue weighted by atomic mass is 16.1. The van der Waals surface area contributed by atoms with Crippen LogP contribution in [0.2, 0.25) is 0 Å². The molecule has 0 saturated heterocycles. The van der Waals surface area contributed by atoms with Crippen LogP contribution in [-0.2, 0) is 6.54 Å². The van der Waals surface area contributed by atoms with E-state index in [1.807, 2.05) is 0 Å². The minimum Gasteiger partial charge on any atom is -0.311 e. The van der Waals surface area contributed by atoms with Crippen molar-refractivity contribution in [2.45, 2.75) is 20.4 Å². The quantitative estimate of drug-likeness (QED) is 0.668. The first kappa shape index (κ1) is 9.46. The van der Waals surface area contributed by atoms with Gasteiger partial charge in [-0.15, -0.1) is 0 Å². The highest BCUT2D eigenvalue weighted by Gasteiger charge is 2.03. The lowest BCUT2D eigenvalue weighted by molar-refractivity contribution is 0.558. The van der Waals surface area contributed by atoms with Crippen molar-refractivity contribution < 1.29 is 0 Å². The zero-order valence-corrected chi connectivity index (χ0v) is 7.69. The van der Waals surface area contributed by atoms with Gasteiger partial charge < -0.3 is 4.57 Å². The monoisotopic (exact) mass is 177 g/mol. The van der Waals surface area contributed by atoms with Gasteiger partial charge in [0.05, 0.1) is 12.0 Å². The van der Waals surface area contributed by atoms with Crippen molar-refractivity contribution in [3.8, 4) is 6.07 Å². The van der Waals surface area contributed by atoms with Crippen molar-refractivity contribution in [3.63, 3.8) is 0 Å². The Morgan fingerprint density at radius 1 is 1.77 bits per heavy atom. The second kappa shape index (κ2) is 3.85. The molecule has 0 bridgehead atoms. The number of nitrogens with zero attached hydrogens (tertiary/aromatic N) is 3. The first-order valence-electron chi connectivity index (χ1n) is 4.07. The van der Waals surface area contributed by atoms with E-state index < -0.39 is 0 Å². The molecule has 0 aliphatic rings. The molecular weight excluding hydrogens is 166 g/mol. The summed E-state index contributed by atoms with van der Waals surface area (Å²) in [6.07, 6.45) is 3.17. The summed E-state index contributed by atoms with van der Waals surface area (Å²) in [4.78, 5) is 15.3. The summed E-state index contributed by atoms with van der Waals surface area (Å²) < 4.78 is 1.51. The second-order valence-corrected chi connectivity index (χ2v) is 3.00. The van der Waals surface area contributed by atoms with Gasteiger partial charge in [-0.05, 0) is 13.8 Å². The molecular formula is C9H11N3O.